The third-order valence-electron chi connectivity index (χ3n) is 2.84. The Balaban J connectivity index is 2.55. The normalized spacial score (nSPS) is 23.9. The van der Waals surface area contributed by atoms with Crippen molar-refractivity contribution in [1.82, 2.24) is 4.90 Å². The lowest BCUT2D eigenvalue weighted by atomic mass is 9.92. The van der Waals surface area contributed by atoms with Gasteiger partial charge in [-0.1, -0.05) is 0 Å². The molecule has 1 saturated heterocycles. The monoisotopic (exact) mass is 231 g/mol. The van der Waals surface area contributed by atoms with Gasteiger partial charge in [-0.3, -0.25) is 9.69 Å². The minimum Gasteiger partial charge on any atom is -0.469 e. The number of hydrogen-bond acceptors (Lipinski definition) is 4. The van der Waals surface area contributed by atoms with Crippen molar-refractivity contribution in [3.05, 3.63) is 0 Å². The molecule has 15 heavy (non-hydrogen) atoms. The van der Waals surface area contributed by atoms with Crippen LogP contribution in [0.3, 0.4) is 0 Å². The summed E-state index contributed by atoms with van der Waals surface area (Å²) in [5, 5.41) is 0. The molecule has 1 heterocycles. The van der Waals surface area contributed by atoms with Crippen molar-refractivity contribution in [2.24, 2.45) is 5.41 Å². The van der Waals surface area contributed by atoms with Crippen LogP contribution in [0.5, 0.6) is 0 Å². The first kappa shape index (κ1) is 12.8. The molecule has 1 unspecified atom stereocenters. The lowest BCUT2D eigenvalue weighted by Gasteiger charge is -2.37. The first-order valence-electron chi connectivity index (χ1n) is 5.37. The summed E-state index contributed by atoms with van der Waals surface area (Å²) in [6, 6.07) is 0.563. The van der Waals surface area contributed by atoms with Crippen LogP contribution >= 0.6 is 11.8 Å². The minimum atomic E-state index is -0.398. The second-order valence-corrected chi connectivity index (χ2v) is 5.92. The van der Waals surface area contributed by atoms with Gasteiger partial charge in [-0.15, -0.1) is 0 Å². The van der Waals surface area contributed by atoms with Gasteiger partial charge in [0.25, 0.3) is 0 Å². The quantitative estimate of drug-likeness (QED) is 0.690. The number of carbonyl (C=O) groups is 1. The van der Waals surface area contributed by atoms with Gasteiger partial charge in [0.2, 0.25) is 0 Å². The number of hydrogen-bond donors (Lipinski definition) is 0. The molecular formula is C11H21NO2S. The van der Waals surface area contributed by atoms with Crippen LogP contribution < -0.4 is 0 Å². The van der Waals surface area contributed by atoms with E-state index in [9.17, 15) is 4.79 Å². The van der Waals surface area contributed by atoms with Crippen LogP contribution in [0.1, 0.15) is 20.8 Å². The third kappa shape index (κ3) is 3.38. The smallest absolute Gasteiger partial charge is 0.312 e. The van der Waals surface area contributed by atoms with Crippen molar-refractivity contribution in [3.8, 4) is 0 Å². The molecule has 88 valence electrons. The van der Waals surface area contributed by atoms with E-state index in [0.29, 0.717) is 6.04 Å². The fourth-order valence-electron chi connectivity index (χ4n) is 1.84. The van der Waals surface area contributed by atoms with E-state index >= 15 is 0 Å². The van der Waals surface area contributed by atoms with Crippen molar-refractivity contribution in [3.63, 3.8) is 0 Å². The molecule has 1 aliphatic rings. The number of carbonyl (C=O) groups excluding carboxylic acids is 1. The Morgan fingerprint density at radius 2 is 2.27 bits per heavy atom. The van der Waals surface area contributed by atoms with Crippen molar-refractivity contribution in [1.29, 1.82) is 0 Å². The van der Waals surface area contributed by atoms with Crippen molar-refractivity contribution >= 4 is 17.7 Å². The maximum absolute atomic E-state index is 11.6. The van der Waals surface area contributed by atoms with Crippen molar-refractivity contribution in [2.45, 2.75) is 26.8 Å². The summed E-state index contributed by atoms with van der Waals surface area (Å²) in [7, 11) is 1.46. The van der Waals surface area contributed by atoms with E-state index in [2.05, 4.69) is 11.8 Å². The number of esters is 1. The summed E-state index contributed by atoms with van der Waals surface area (Å²) >= 11 is 1.99. The summed E-state index contributed by atoms with van der Waals surface area (Å²) in [4.78, 5) is 13.9. The molecule has 1 rings (SSSR count). The van der Waals surface area contributed by atoms with Gasteiger partial charge in [0.15, 0.2) is 0 Å². The lowest BCUT2D eigenvalue weighted by Crippen LogP contribution is -2.47. The molecule has 0 radical (unpaired) electrons. The number of nitrogens with zero attached hydrogens (tertiary/aromatic N) is 1. The summed E-state index contributed by atoms with van der Waals surface area (Å²) in [6.07, 6.45) is 0. The molecule has 0 bridgehead atoms. The van der Waals surface area contributed by atoms with Crippen LogP contribution in [-0.4, -0.2) is 48.6 Å². The van der Waals surface area contributed by atoms with Crippen LogP contribution in [0.4, 0.5) is 0 Å². The van der Waals surface area contributed by atoms with E-state index in [1.165, 1.54) is 12.9 Å². The van der Waals surface area contributed by atoms with Crippen LogP contribution in [-0.2, 0) is 9.53 Å². The van der Waals surface area contributed by atoms with Gasteiger partial charge in [0.05, 0.1) is 12.5 Å². The zero-order chi connectivity index (χ0) is 11.5. The van der Waals surface area contributed by atoms with Gasteiger partial charge in [-0.25, -0.2) is 0 Å². The number of methoxy groups -OCH3 is 1. The topological polar surface area (TPSA) is 29.5 Å². The predicted octanol–water partition coefficient (Wildman–Crippen LogP) is 1.62. The Kier molecular flexibility index (Phi) is 4.46. The predicted molar refractivity (Wildman–Crippen MR) is 64.2 cm³/mol. The van der Waals surface area contributed by atoms with Crippen LogP contribution in [0.2, 0.25) is 0 Å². The van der Waals surface area contributed by atoms with Crippen LogP contribution in [0.25, 0.3) is 0 Å². The fraction of sp³-hybridized carbons (Fsp3) is 0.909. The highest BCUT2D eigenvalue weighted by Gasteiger charge is 2.33. The molecule has 1 atom stereocenters. The first-order chi connectivity index (χ1) is 6.97. The van der Waals surface area contributed by atoms with Crippen molar-refractivity contribution < 1.29 is 9.53 Å². The SMILES string of the molecule is COC(=O)C(C)(C)CN1CCSCC1C. The summed E-state index contributed by atoms with van der Waals surface area (Å²) in [6.45, 7) is 7.99. The van der Waals surface area contributed by atoms with Gasteiger partial charge in [-0.2, -0.15) is 11.8 Å². The van der Waals surface area contributed by atoms with E-state index in [-0.39, 0.29) is 5.97 Å². The largest absolute Gasteiger partial charge is 0.469 e. The highest BCUT2D eigenvalue weighted by molar-refractivity contribution is 7.99. The Morgan fingerprint density at radius 1 is 1.60 bits per heavy atom. The number of ether oxygens (including phenoxy) is 1. The molecule has 0 aromatic heterocycles. The van der Waals surface area contributed by atoms with Gasteiger partial charge in [0, 0.05) is 30.6 Å². The van der Waals surface area contributed by atoms with Gasteiger partial charge in [0.1, 0.15) is 0 Å². The van der Waals surface area contributed by atoms with Gasteiger partial charge >= 0.3 is 5.97 Å². The molecule has 1 aliphatic heterocycles. The maximum Gasteiger partial charge on any atom is 0.312 e. The van der Waals surface area contributed by atoms with E-state index in [1.54, 1.807) is 0 Å². The molecule has 4 heteroatoms. The lowest BCUT2D eigenvalue weighted by molar-refractivity contribution is -0.152. The molecule has 0 N–H and O–H groups in total. The van der Waals surface area contributed by atoms with Gasteiger partial charge in [-0.05, 0) is 20.8 Å². The second-order valence-electron chi connectivity index (χ2n) is 4.77. The van der Waals surface area contributed by atoms with E-state index in [4.69, 9.17) is 4.74 Å². The number of thioether (sulfide) groups is 1. The molecular weight excluding hydrogens is 210 g/mol. The molecule has 0 aliphatic carbocycles. The Labute approximate surface area is 96.5 Å². The third-order valence-corrected chi connectivity index (χ3v) is 4.03. The number of rotatable bonds is 3. The average Bonchev–Trinajstić information content (AvgIpc) is 2.20. The minimum absolute atomic E-state index is 0.118. The molecule has 0 amide bonds. The van der Waals surface area contributed by atoms with Crippen molar-refractivity contribution in [2.75, 3.05) is 31.7 Å². The highest BCUT2D eigenvalue weighted by Crippen LogP contribution is 2.24. The molecule has 1 fully saturated rings. The standard InChI is InChI=1S/C11H21NO2S/c1-9-7-15-6-5-12(9)8-11(2,3)10(13)14-4/h9H,5-8H2,1-4H3. The molecule has 0 aromatic carbocycles. The van der Waals surface area contributed by atoms with E-state index in [0.717, 1.165) is 18.8 Å². The van der Waals surface area contributed by atoms with Crippen LogP contribution in [0.15, 0.2) is 0 Å². The maximum atomic E-state index is 11.6. The first-order valence-corrected chi connectivity index (χ1v) is 6.53. The zero-order valence-electron chi connectivity index (χ0n) is 10.1. The Morgan fingerprint density at radius 3 is 2.80 bits per heavy atom. The fourth-order valence-corrected chi connectivity index (χ4v) is 2.93. The highest BCUT2D eigenvalue weighted by atomic mass is 32.2. The zero-order valence-corrected chi connectivity index (χ0v) is 10.9. The summed E-state index contributed by atoms with van der Waals surface area (Å²) in [5.74, 6) is 2.21. The Bertz CT molecular complexity index is 231. The molecule has 0 saturated carbocycles. The molecule has 0 spiro atoms. The summed E-state index contributed by atoms with van der Waals surface area (Å²) in [5.41, 5.74) is -0.398. The van der Waals surface area contributed by atoms with E-state index < -0.39 is 5.41 Å². The molecule has 3 nitrogen and oxygen atoms in total. The van der Waals surface area contributed by atoms with E-state index in [1.807, 2.05) is 25.6 Å². The molecule has 0 aromatic rings. The van der Waals surface area contributed by atoms with Gasteiger partial charge < -0.3 is 4.74 Å². The van der Waals surface area contributed by atoms with Crippen LogP contribution in [0, 0.1) is 5.41 Å². The second kappa shape index (κ2) is 5.21. The summed E-state index contributed by atoms with van der Waals surface area (Å²) < 4.78 is 4.82. The average molecular weight is 231 g/mol. The Hall–Kier alpha value is -0.220.